The maximum absolute atomic E-state index is 13.6. The van der Waals surface area contributed by atoms with Gasteiger partial charge in [0.15, 0.2) is 0 Å². The number of hydrogen-bond acceptors (Lipinski definition) is 5. The molecule has 156 valence electrons. The van der Waals surface area contributed by atoms with Crippen molar-refractivity contribution in [2.75, 3.05) is 23.7 Å². The Labute approximate surface area is 184 Å². The first-order chi connectivity index (χ1) is 14.4. The maximum atomic E-state index is 13.6. The first kappa shape index (κ1) is 19.8. The maximum Gasteiger partial charge on any atom is 0.254 e. The quantitative estimate of drug-likeness (QED) is 0.588. The van der Waals surface area contributed by atoms with Crippen molar-refractivity contribution < 1.29 is 13.2 Å². The van der Waals surface area contributed by atoms with E-state index in [0.717, 1.165) is 24.8 Å². The van der Waals surface area contributed by atoms with Crippen LogP contribution in [-0.2, 0) is 22.9 Å². The zero-order valence-corrected chi connectivity index (χ0v) is 19.0. The molecule has 0 saturated carbocycles. The SMILES string of the molecule is CS(=O)(=O)N1CCCc2cc(C(=O)N3CCc4sccc4C3c3cccs3)ccc21. The van der Waals surface area contributed by atoms with Gasteiger partial charge in [-0.15, -0.1) is 22.7 Å². The second-order valence-corrected chi connectivity index (χ2v) is 11.6. The van der Waals surface area contributed by atoms with Gasteiger partial charge in [0, 0.05) is 28.4 Å². The Morgan fingerprint density at radius 2 is 1.93 bits per heavy atom. The van der Waals surface area contributed by atoms with Gasteiger partial charge in [-0.25, -0.2) is 8.42 Å². The van der Waals surface area contributed by atoms with E-state index < -0.39 is 10.0 Å². The van der Waals surface area contributed by atoms with Gasteiger partial charge in [0.25, 0.3) is 5.91 Å². The highest BCUT2D eigenvalue weighted by Crippen LogP contribution is 2.40. The van der Waals surface area contributed by atoms with E-state index in [4.69, 9.17) is 0 Å². The monoisotopic (exact) mass is 458 g/mol. The summed E-state index contributed by atoms with van der Waals surface area (Å²) in [4.78, 5) is 18.1. The van der Waals surface area contributed by atoms with Gasteiger partial charge in [-0.2, -0.15) is 0 Å². The topological polar surface area (TPSA) is 57.7 Å². The second-order valence-electron chi connectivity index (χ2n) is 7.75. The number of amides is 1. The molecule has 2 aliphatic heterocycles. The largest absolute Gasteiger partial charge is 0.326 e. The minimum absolute atomic E-state index is 0.00419. The van der Waals surface area contributed by atoms with Gasteiger partial charge in [0.2, 0.25) is 10.0 Å². The minimum Gasteiger partial charge on any atom is -0.326 e. The van der Waals surface area contributed by atoms with E-state index in [2.05, 4.69) is 22.9 Å². The summed E-state index contributed by atoms with van der Waals surface area (Å²) in [6, 6.07) is 11.7. The van der Waals surface area contributed by atoms with Crippen LogP contribution in [0.15, 0.2) is 47.2 Å². The molecular weight excluding hydrogens is 436 g/mol. The van der Waals surface area contributed by atoms with E-state index in [1.165, 1.54) is 25.9 Å². The lowest BCUT2D eigenvalue weighted by Gasteiger charge is -2.36. The molecule has 0 fully saturated rings. The summed E-state index contributed by atoms with van der Waals surface area (Å²) in [6.45, 7) is 1.17. The summed E-state index contributed by atoms with van der Waals surface area (Å²) in [5, 5.41) is 4.16. The summed E-state index contributed by atoms with van der Waals surface area (Å²) in [5.41, 5.74) is 3.49. The lowest BCUT2D eigenvalue weighted by atomic mass is 9.96. The Bertz CT molecular complexity index is 1200. The Morgan fingerprint density at radius 1 is 1.07 bits per heavy atom. The Morgan fingerprint density at radius 3 is 2.70 bits per heavy atom. The molecule has 0 spiro atoms. The van der Waals surface area contributed by atoms with Gasteiger partial charge in [0.05, 0.1) is 18.0 Å². The van der Waals surface area contributed by atoms with E-state index in [9.17, 15) is 13.2 Å². The van der Waals surface area contributed by atoms with E-state index >= 15 is 0 Å². The van der Waals surface area contributed by atoms with Crippen molar-refractivity contribution in [2.45, 2.75) is 25.3 Å². The van der Waals surface area contributed by atoms with Crippen LogP contribution in [0.25, 0.3) is 0 Å². The molecule has 0 radical (unpaired) electrons. The van der Waals surface area contributed by atoms with E-state index in [-0.39, 0.29) is 11.9 Å². The molecule has 0 saturated heterocycles. The molecule has 2 aliphatic rings. The molecule has 0 bridgehead atoms. The lowest BCUT2D eigenvalue weighted by Crippen LogP contribution is -2.40. The molecule has 30 heavy (non-hydrogen) atoms. The number of nitrogens with zero attached hydrogens (tertiary/aromatic N) is 2. The predicted octanol–water partition coefficient (Wildman–Crippen LogP) is 4.31. The van der Waals surface area contributed by atoms with E-state index in [0.29, 0.717) is 24.3 Å². The second kappa shape index (κ2) is 7.51. The third kappa shape index (κ3) is 3.36. The van der Waals surface area contributed by atoms with Crippen LogP contribution in [0.3, 0.4) is 0 Å². The third-order valence-electron chi connectivity index (χ3n) is 5.84. The number of hydrogen-bond donors (Lipinski definition) is 0. The van der Waals surface area contributed by atoms with Crippen LogP contribution in [-0.4, -0.2) is 38.6 Å². The van der Waals surface area contributed by atoms with Crippen LogP contribution in [0.1, 0.15) is 43.7 Å². The molecule has 1 aromatic carbocycles. The summed E-state index contributed by atoms with van der Waals surface area (Å²) in [6.07, 6.45) is 3.65. The molecule has 5 nitrogen and oxygen atoms in total. The number of anilines is 1. The highest BCUT2D eigenvalue weighted by molar-refractivity contribution is 7.92. The smallest absolute Gasteiger partial charge is 0.254 e. The molecule has 1 unspecified atom stereocenters. The van der Waals surface area contributed by atoms with Crippen LogP contribution in [0.2, 0.25) is 0 Å². The number of aryl methyl sites for hydroxylation is 1. The highest BCUT2D eigenvalue weighted by Gasteiger charge is 2.34. The molecule has 0 N–H and O–H groups in total. The zero-order valence-electron chi connectivity index (χ0n) is 16.6. The van der Waals surface area contributed by atoms with Crippen LogP contribution < -0.4 is 4.31 Å². The number of thiophene rings is 2. The molecule has 1 amide bonds. The summed E-state index contributed by atoms with van der Waals surface area (Å²) < 4.78 is 25.7. The Balaban J connectivity index is 1.52. The van der Waals surface area contributed by atoms with Crippen LogP contribution in [0.4, 0.5) is 5.69 Å². The van der Waals surface area contributed by atoms with Crippen molar-refractivity contribution in [3.8, 4) is 0 Å². The molecule has 4 heterocycles. The van der Waals surface area contributed by atoms with Gasteiger partial charge in [-0.1, -0.05) is 6.07 Å². The van der Waals surface area contributed by atoms with Crippen LogP contribution in [0, 0.1) is 0 Å². The van der Waals surface area contributed by atoms with Crippen molar-refractivity contribution in [1.29, 1.82) is 0 Å². The predicted molar refractivity (Wildman–Crippen MR) is 122 cm³/mol. The van der Waals surface area contributed by atoms with Crippen LogP contribution in [0.5, 0.6) is 0 Å². The molecule has 0 aliphatic carbocycles. The van der Waals surface area contributed by atoms with Gasteiger partial charge < -0.3 is 4.90 Å². The number of benzene rings is 1. The van der Waals surface area contributed by atoms with Gasteiger partial charge >= 0.3 is 0 Å². The van der Waals surface area contributed by atoms with E-state index in [1.807, 2.05) is 17.0 Å². The lowest BCUT2D eigenvalue weighted by molar-refractivity contribution is 0.0698. The van der Waals surface area contributed by atoms with Crippen molar-refractivity contribution in [2.24, 2.45) is 0 Å². The van der Waals surface area contributed by atoms with E-state index in [1.54, 1.807) is 34.8 Å². The number of carbonyl (C=O) groups is 1. The van der Waals surface area contributed by atoms with Crippen molar-refractivity contribution in [3.63, 3.8) is 0 Å². The zero-order chi connectivity index (χ0) is 20.9. The summed E-state index contributed by atoms with van der Waals surface area (Å²) in [5.74, 6) is 0.00419. The minimum atomic E-state index is -3.32. The fraction of sp³-hybridized carbons (Fsp3) is 0.318. The van der Waals surface area contributed by atoms with Gasteiger partial charge in [-0.05, 0) is 71.5 Å². The van der Waals surface area contributed by atoms with Gasteiger partial charge in [-0.3, -0.25) is 9.10 Å². The third-order valence-corrected chi connectivity index (χ3v) is 8.94. The number of rotatable bonds is 3. The Hall–Kier alpha value is -2.16. The molecular formula is C22H22N2O3S3. The Kier molecular flexibility index (Phi) is 4.95. The fourth-order valence-corrected chi connectivity index (χ4v) is 7.25. The highest BCUT2D eigenvalue weighted by atomic mass is 32.2. The first-order valence-corrected chi connectivity index (χ1v) is 13.6. The molecule has 3 aromatic rings. The van der Waals surface area contributed by atoms with Crippen molar-refractivity contribution in [1.82, 2.24) is 4.90 Å². The molecule has 8 heteroatoms. The number of fused-ring (bicyclic) bond motifs is 2. The summed E-state index contributed by atoms with van der Waals surface area (Å²) >= 11 is 3.44. The molecule has 5 rings (SSSR count). The van der Waals surface area contributed by atoms with Gasteiger partial charge in [0.1, 0.15) is 0 Å². The average molecular weight is 459 g/mol. The normalized spacial score (nSPS) is 18.8. The number of carbonyl (C=O) groups excluding carboxylic acids is 1. The van der Waals surface area contributed by atoms with Crippen molar-refractivity contribution >= 4 is 44.3 Å². The number of sulfonamides is 1. The average Bonchev–Trinajstić information content (AvgIpc) is 3.42. The standard InChI is InChI=1S/C22H22N2O3S3/c1-30(26,27)24-10-2-4-15-14-16(6-7-18(15)24)22(25)23-11-8-19-17(9-13-29-19)21(23)20-5-3-12-28-20/h3,5-7,9,12-14,21H,2,4,8,10-11H2,1H3. The first-order valence-electron chi connectivity index (χ1n) is 9.95. The fourth-order valence-electron chi connectivity index (χ4n) is 4.49. The van der Waals surface area contributed by atoms with Crippen LogP contribution >= 0.6 is 22.7 Å². The summed E-state index contributed by atoms with van der Waals surface area (Å²) in [7, 11) is -3.32. The van der Waals surface area contributed by atoms with Crippen molar-refractivity contribution in [3.05, 3.63) is 73.6 Å². The molecule has 1 atom stereocenters. The molecule has 2 aromatic heterocycles.